The first kappa shape index (κ1) is 12.6. The highest BCUT2D eigenvalue weighted by atomic mass is 14.5. The Balaban J connectivity index is 2.00. The summed E-state index contributed by atoms with van der Waals surface area (Å²) in [6.45, 7) is 3.18. The van der Waals surface area contributed by atoms with Gasteiger partial charge < -0.3 is 5.73 Å². The number of rotatable bonds is 5. The van der Waals surface area contributed by atoms with Gasteiger partial charge in [-0.25, -0.2) is 0 Å². The first-order valence-electron chi connectivity index (χ1n) is 7.13. The van der Waals surface area contributed by atoms with Crippen molar-refractivity contribution >= 4 is 0 Å². The van der Waals surface area contributed by atoms with Crippen LogP contribution in [0.5, 0.6) is 0 Å². The Labute approximate surface area is 105 Å². The summed E-state index contributed by atoms with van der Waals surface area (Å²) in [5, 5.41) is 0. The quantitative estimate of drug-likeness (QED) is 0.766. The third kappa shape index (κ3) is 3.32. The minimum absolute atomic E-state index is 0.689. The average Bonchev–Trinajstić information content (AvgIpc) is 2.38. The normalized spacial score (nSPS) is 16.6. The van der Waals surface area contributed by atoms with Gasteiger partial charge in [0.1, 0.15) is 0 Å². The van der Waals surface area contributed by atoms with Gasteiger partial charge >= 0.3 is 0 Å². The molecule has 2 N–H and O–H groups in total. The molecule has 1 aromatic carbocycles. The molecule has 1 nitrogen and oxygen atoms in total. The minimum Gasteiger partial charge on any atom is -0.330 e. The number of hydrogen-bond donors (Lipinski definition) is 1. The summed E-state index contributed by atoms with van der Waals surface area (Å²) >= 11 is 0. The van der Waals surface area contributed by atoms with Crippen molar-refractivity contribution in [2.45, 2.75) is 57.8 Å². The molecule has 2 rings (SSSR count). The van der Waals surface area contributed by atoms with Crippen LogP contribution in [0.2, 0.25) is 0 Å². The van der Waals surface area contributed by atoms with Gasteiger partial charge in [0.2, 0.25) is 0 Å². The third-order valence-electron chi connectivity index (χ3n) is 4.03. The summed E-state index contributed by atoms with van der Waals surface area (Å²) in [6.07, 6.45) is 9.02. The van der Waals surface area contributed by atoms with E-state index in [9.17, 15) is 0 Å². The molecule has 0 fully saturated rings. The van der Waals surface area contributed by atoms with Crippen LogP contribution < -0.4 is 5.73 Å². The van der Waals surface area contributed by atoms with Gasteiger partial charge in [0, 0.05) is 0 Å². The summed E-state index contributed by atoms with van der Waals surface area (Å²) < 4.78 is 0. The Hall–Kier alpha value is -0.820. The van der Waals surface area contributed by atoms with E-state index in [0.29, 0.717) is 5.92 Å². The van der Waals surface area contributed by atoms with E-state index in [1.807, 2.05) is 0 Å². The Morgan fingerprint density at radius 2 is 1.88 bits per heavy atom. The second-order valence-electron chi connectivity index (χ2n) is 5.42. The molecular weight excluding hydrogens is 206 g/mol. The summed E-state index contributed by atoms with van der Waals surface area (Å²) in [5.41, 5.74) is 10.3. The molecule has 1 unspecified atom stereocenters. The maximum atomic E-state index is 5.54. The van der Waals surface area contributed by atoms with Crippen molar-refractivity contribution in [3.63, 3.8) is 0 Å². The average molecular weight is 231 g/mol. The van der Waals surface area contributed by atoms with Crippen molar-refractivity contribution in [2.24, 2.45) is 5.73 Å². The largest absolute Gasteiger partial charge is 0.330 e. The van der Waals surface area contributed by atoms with E-state index in [1.54, 1.807) is 11.1 Å². The molecule has 0 saturated carbocycles. The van der Waals surface area contributed by atoms with Gasteiger partial charge in [0.25, 0.3) is 0 Å². The first-order valence-corrected chi connectivity index (χ1v) is 7.13. The van der Waals surface area contributed by atoms with Crippen LogP contribution in [0.15, 0.2) is 18.2 Å². The van der Waals surface area contributed by atoms with Gasteiger partial charge in [0.05, 0.1) is 0 Å². The molecule has 1 aliphatic rings. The van der Waals surface area contributed by atoms with Crippen LogP contribution in [-0.4, -0.2) is 6.54 Å². The zero-order valence-corrected chi connectivity index (χ0v) is 11.0. The maximum absolute atomic E-state index is 5.54. The Morgan fingerprint density at radius 1 is 1.12 bits per heavy atom. The van der Waals surface area contributed by atoms with Crippen LogP contribution in [0.25, 0.3) is 0 Å². The lowest BCUT2D eigenvalue weighted by molar-refractivity contribution is 0.606. The van der Waals surface area contributed by atoms with Crippen LogP contribution >= 0.6 is 0 Å². The molecule has 0 bridgehead atoms. The van der Waals surface area contributed by atoms with Gasteiger partial charge in [-0.3, -0.25) is 0 Å². The fourth-order valence-electron chi connectivity index (χ4n) is 2.82. The number of hydrogen-bond acceptors (Lipinski definition) is 1. The molecule has 0 heterocycles. The molecule has 0 spiro atoms. The SMILES string of the molecule is CC(CCCCN)c1ccc2c(c1)CCCC2. The van der Waals surface area contributed by atoms with E-state index >= 15 is 0 Å². The molecule has 1 heteroatoms. The van der Waals surface area contributed by atoms with Gasteiger partial charge in [-0.05, 0) is 67.7 Å². The van der Waals surface area contributed by atoms with Crippen molar-refractivity contribution in [1.29, 1.82) is 0 Å². The first-order chi connectivity index (χ1) is 8.31. The molecule has 0 aromatic heterocycles. The topological polar surface area (TPSA) is 26.0 Å². The molecule has 94 valence electrons. The van der Waals surface area contributed by atoms with Gasteiger partial charge in [-0.15, -0.1) is 0 Å². The van der Waals surface area contributed by atoms with E-state index in [-0.39, 0.29) is 0 Å². The fourth-order valence-corrected chi connectivity index (χ4v) is 2.82. The standard InChI is InChI=1S/C16H25N/c1-13(6-4-5-11-17)15-10-9-14-7-2-3-8-16(14)12-15/h9-10,12-13H,2-8,11,17H2,1H3. The number of aryl methyl sites for hydroxylation is 2. The molecule has 1 atom stereocenters. The molecular formula is C16H25N. The van der Waals surface area contributed by atoms with Gasteiger partial charge in [-0.2, -0.15) is 0 Å². The summed E-state index contributed by atoms with van der Waals surface area (Å²) in [6, 6.07) is 7.17. The Kier molecular flexibility index (Phi) is 4.61. The Bertz CT molecular complexity index is 357. The van der Waals surface area contributed by atoms with E-state index in [2.05, 4.69) is 25.1 Å². The second-order valence-corrected chi connectivity index (χ2v) is 5.42. The van der Waals surface area contributed by atoms with Crippen LogP contribution in [-0.2, 0) is 12.8 Å². The molecule has 0 saturated heterocycles. The summed E-state index contributed by atoms with van der Waals surface area (Å²) in [4.78, 5) is 0. The summed E-state index contributed by atoms with van der Waals surface area (Å²) in [7, 11) is 0. The van der Waals surface area contributed by atoms with Crippen LogP contribution in [0.1, 0.15) is 61.6 Å². The molecule has 0 radical (unpaired) electrons. The highest BCUT2D eigenvalue weighted by molar-refractivity contribution is 5.35. The van der Waals surface area contributed by atoms with Crippen LogP contribution in [0, 0.1) is 0 Å². The number of benzene rings is 1. The van der Waals surface area contributed by atoms with Crippen molar-refractivity contribution < 1.29 is 0 Å². The Morgan fingerprint density at radius 3 is 2.65 bits per heavy atom. The third-order valence-corrected chi connectivity index (χ3v) is 4.03. The predicted octanol–water partition coefficient (Wildman–Crippen LogP) is 3.80. The molecule has 17 heavy (non-hydrogen) atoms. The lowest BCUT2D eigenvalue weighted by Crippen LogP contribution is -2.05. The zero-order chi connectivity index (χ0) is 12.1. The van der Waals surface area contributed by atoms with Crippen molar-refractivity contribution in [1.82, 2.24) is 0 Å². The van der Waals surface area contributed by atoms with E-state index in [4.69, 9.17) is 5.73 Å². The molecule has 0 aliphatic heterocycles. The van der Waals surface area contributed by atoms with Gasteiger partial charge in [0.15, 0.2) is 0 Å². The highest BCUT2D eigenvalue weighted by Crippen LogP contribution is 2.27. The number of fused-ring (bicyclic) bond motifs is 1. The maximum Gasteiger partial charge on any atom is -0.00773 e. The second kappa shape index (κ2) is 6.20. The number of nitrogens with two attached hydrogens (primary N) is 1. The van der Waals surface area contributed by atoms with E-state index in [0.717, 1.165) is 13.0 Å². The van der Waals surface area contributed by atoms with Crippen molar-refractivity contribution in [3.8, 4) is 0 Å². The number of unbranched alkanes of at least 4 members (excludes halogenated alkanes) is 1. The monoisotopic (exact) mass is 231 g/mol. The molecule has 0 amide bonds. The van der Waals surface area contributed by atoms with Crippen molar-refractivity contribution in [2.75, 3.05) is 6.54 Å². The molecule has 1 aliphatic carbocycles. The highest BCUT2D eigenvalue weighted by Gasteiger charge is 2.12. The zero-order valence-electron chi connectivity index (χ0n) is 11.0. The lowest BCUT2D eigenvalue weighted by Gasteiger charge is -2.19. The fraction of sp³-hybridized carbons (Fsp3) is 0.625. The van der Waals surface area contributed by atoms with Gasteiger partial charge in [-0.1, -0.05) is 31.5 Å². The van der Waals surface area contributed by atoms with E-state index < -0.39 is 0 Å². The molecule has 1 aromatic rings. The predicted molar refractivity (Wildman–Crippen MR) is 74.4 cm³/mol. The van der Waals surface area contributed by atoms with E-state index in [1.165, 1.54) is 44.1 Å². The summed E-state index contributed by atoms with van der Waals surface area (Å²) in [5.74, 6) is 0.689. The van der Waals surface area contributed by atoms with Crippen LogP contribution in [0.4, 0.5) is 0 Å². The smallest absolute Gasteiger partial charge is 0.00773 e. The van der Waals surface area contributed by atoms with Crippen molar-refractivity contribution in [3.05, 3.63) is 34.9 Å². The van der Waals surface area contributed by atoms with Crippen LogP contribution in [0.3, 0.4) is 0 Å². The lowest BCUT2D eigenvalue weighted by atomic mass is 9.87. The minimum atomic E-state index is 0.689.